The summed E-state index contributed by atoms with van der Waals surface area (Å²) in [4.78, 5) is 12.0. The van der Waals surface area contributed by atoms with Gasteiger partial charge in [-0.25, -0.2) is 0 Å². The first-order chi connectivity index (χ1) is 9.54. The molecule has 1 aromatic carbocycles. The van der Waals surface area contributed by atoms with Gasteiger partial charge in [0.05, 0.1) is 6.04 Å². The smallest absolute Gasteiger partial charge is 0.263 e. The molecule has 0 saturated heterocycles. The molecule has 1 atom stereocenters. The first-order valence-corrected chi connectivity index (χ1v) is 6.74. The number of amides is 1. The van der Waals surface area contributed by atoms with Crippen LogP contribution in [-0.4, -0.2) is 12.5 Å². The van der Waals surface area contributed by atoms with E-state index in [0.717, 1.165) is 12.1 Å². The maximum Gasteiger partial charge on any atom is 0.263 e. The summed E-state index contributed by atoms with van der Waals surface area (Å²) in [5, 5.41) is 14.8. The molecule has 0 radical (unpaired) electrons. The second-order valence-electron chi connectivity index (χ2n) is 5.08. The highest BCUT2D eigenvalue weighted by Gasteiger charge is 2.13. The van der Waals surface area contributed by atoms with Gasteiger partial charge < -0.3 is 10.6 Å². The number of nitrogens with zero attached hydrogens (tertiary/aromatic N) is 1. The summed E-state index contributed by atoms with van der Waals surface area (Å²) >= 11 is 0. The fraction of sp³-hybridized carbons (Fsp3) is 0.375. The van der Waals surface area contributed by atoms with E-state index >= 15 is 0 Å². The van der Waals surface area contributed by atoms with Gasteiger partial charge in [-0.15, -0.1) is 0 Å². The van der Waals surface area contributed by atoms with Gasteiger partial charge >= 0.3 is 0 Å². The van der Waals surface area contributed by atoms with E-state index in [4.69, 9.17) is 5.26 Å². The molecule has 0 aromatic heterocycles. The molecular formula is C16H21N3O. The number of hydrogen-bond acceptors (Lipinski definition) is 3. The fourth-order valence-corrected chi connectivity index (χ4v) is 1.64. The number of benzene rings is 1. The van der Waals surface area contributed by atoms with Crippen molar-refractivity contribution >= 4 is 5.91 Å². The highest BCUT2D eigenvalue weighted by molar-refractivity contribution is 5.97. The van der Waals surface area contributed by atoms with E-state index in [-0.39, 0.29) is 17.5 Å². The molecule has 0 heterocycles. The average molecular weight is 271 g/mol. The Kier molecular flexibility index (Phi) is 6.31. The lowest BCUT2D eigenvalue weighted by molar-refractivity contribution is -0.117. The van der Waals surface area contributed by atoms with Crippen molar-refractivity contribution in [3.63, 3.8) is 0 Å². The number of carbonyl (C=O) groups is 1. The summed E-state index contributed by atoms with van der Waals surface area (Å²) in [6, 6.07) is 11.4. The molecule has 0 bridgehead atoms. The van der Waals surface area contributed by atoms with Crippen molar-refractivity contribution in [3.8, 4) is 6.07 Å². The highest BCUT2D eigenvalue weighted by Crippen LogP contribution is 2.11. The minimum atomic E-state index is -0.361. The van der Waals surface area contributed by atoms with Crippen LogP contribution in [0.25, 0.3) is 0 Å². The molecule has 0 aliphatic heterocycles. The van der Waals surface area contributed by atoms with Gasteiger partial charge in [-0.3, -0.25) is 4.79 Å². The Morgan fingerprint density at radius 3 is 2.50 bits per heavy atom. The number of nitrogens with one attached hydrogen (secondary N) is 2. The zero-order chi connectivity index (χ0) is 15.0. The molecule has 20 heavy (non-hydrogen) atoms. The quantitative estimate of drug-likeness (QED) is 0.617. The molecule has 1 unspecified atom stereocenters. The molecule has 4 heteroatoms. The Balaban J connectivity index is 2.62. The molecule has 0 saturated carbocycles. The van der Waals surface area contributed by atoms with Crippen LogP contribution in [0.2, 0.25) is 0 Å². The molecule has 0 fully saturated rings. The predicted molar refractivity (Wildman–Crippen MR) is 79.5 cm³/mol. The molecule has 0 spiro atoms. The molecule has 1 amide bonds. The summed E-state index contributed by atoms with van der Waals surface area (Å²) in [5.41, 5.74) is 1.10. The van der Waals surface area contributed by atoms with Crippen LogP contribution in [0.4, 0.5) is 0 Å². The Bertz CT molecular complexity index is 500. The lowest BCUT2D eigenvalue weighted by Crippen LogP contribution is -2.28. The summed E-state index contributed by atoms with van der Waals surface area (Å²) in [6.45, 7) is 6.74. The third-order valence-corrected chi connectivity index (χ3v) is 2.78. The topological polar surface area (TPSA) is 64.9 Å². The first-order valence-electron chi connectivity index (χ1n) is 6.74. The largest absolute Gasteiger partial charge is 0.389 e. The minimum Gasteiger partial charge on any atom is -0.389 e. The van der Waals surface area contributed by atoms with Gasteiger partial charge in [0.15, 0.2) is 0 Å². The highest BCUT2D eigenvalue weighted by atomic mass is 16.1. The number of carbonyl (C=O) groups excluding carboxylic acids is 1. The van der Waals surface area contributed by atoms with Crippen LogP contribution in [0.1, 0.15) is 32.4 Å². The van der Waals surface area contributed by atoms with Crippen LogP contribution in [0.3, 0.4) is 0 Å². The zero-order valence-electron chi connectivity index (χ0n) is 12.2. The predicted octanol–water partition coefficient (Wildman–Crippen LogP) is 2.52. The van der Waals surface area contributed by atoms with Crippen LogP contribution in [0.5, 0.6) is 0 Å². The van der Waals surface area contributed by atoms with Gasteiger partial charge in [0, 0.05) is 12.7 Å². The fourth-order valence-electron chi connectivity index (χ4n) is 1.64. The normalized spacial score (nSPS) is 12.7. The van der Waals surface area contributed by atoms with Crippen LogP contribution in [0, 0.1) is 17.2 Å². The Labute approximate surface area is 120 Å². The average Bonchev–Trinajstić information content (AvgIpc) is 2.44. The molecule has 0 aliphatic rings. The van der Waals surface area contributed by atoms with Gasteiger partial charge in [0.2, 0.25) is 0 Å². The summed E-state index contributed by atoms with van der Waals surface area (Å²) < 4.78 is 0. The van der Waals surface area contributed by atoms with Crippen molar-refractivity contribution in [1.29, 1.82) is 5.26 Å². The molecule has 0 aliphatic carbocycles. The van der Waals surface area contributed by atoms with Crippen molar-refractivity contribution < 1.29 is 4.79 Å². The van der Waals surface area contributed by atoms with Gasteiger partial charge in [0.25, 0.3) is 5.91 Å². The first kappa shape index (κ1) is 15.8. The standard InChI is InChI=1S/C16H21N3O/c1-12(2)10-18-11-15(9-17)16(20)19-13(3)14-7-5-4-6-8-14/h4-8,11-13,18H,10H2,1-3H3,(H,19,20)/b15-11-. The molecule has 1 aromatic rings. The monoisotopic (exact) mass is 271 g/mol. The van der Waals surface area contributed by atoms with Crippen molar-refractivity contribution in [2.75, 3.05) is 6.54 Å². The van der Waals surface area contributed by atoms with Gasteiger partial charge in [-0.1, -0.05) is 44.2 Å². The lowest BCUT2D eigenvalue weighted by Gasteiger charge is -2.14. The van der Waals surface area contributed by atoms with E-state index in [0.29, 0.717) is 5.92 Å². The number of nitriles is 1. The van der Waals surface area contributed by atoms with Crippen molar-refractivity contribution in [1.82, 2.24) is 10.6 Å². The molecule has 106 valence electrons. The second-order valence-corrected chi connectivity index (χ2v) is 5.08. The van der Waals surface area contributed by atoms with E-state index < -0.39 is 0 Å². The minimum absolute atomic E-state index is 0.0911. The van der Waals surface area contributed by atoms with Crippen molar-refractivity contribution in [3.05, 3.63) is 47.7 Å². The lowest BCUT2D eigenvalue weighted by atomic mass is 10.1. The summed E-state index contributed by atoms with van der Waals surface area (Å²) in [6.07, 6.45) is 1.48. The van der Waals surface area contributed by atoms with E-state index in [1.54, 1.807) is 0 Å². The SMILES string of the molecule is CC(C)CN/C=C(/C#N)C(=O)NC(C)c1ccccc1. The third kappa shape index (κ3) is 5.15. The van der Waals surface area contributed by atoms with Crippen LogP contribution in [0.15, 0.2) is 42.1 Å². The molecule has 4 nitrogen and oxygen atoms in total. The Hall–Kier alpha value is -2.28. The van der Waals surface area contributed by atoms with Crippen LogP contribution >= 0.6 is 0 Å². The van der Waals surface area contributed by atoms with Crippen molar-refractivity contribution in [2.24, 2.45) is 5.92 Å². The molecule has 2 N–H and O–H groups in total. The Morgan fingerprint density at radius 2 is 1.95 bits per heavy atom. The summed E-state index contributed by atoms with van der Waals surface area (Å²) in [7, 11) is 0. The van der Waals surface area contributed by atoms with Gasteiger partial charge in [-0.2, -0.15) is 5.26 Å². The van der Waals surface area contributed by atoms with Crippen LogP contribution in [-0.2, 0) is 4.79 Å². The van der Waals surface area contributed by atoms with E-state index in [1.165, 1.54) is 6.20 Å². The molecule has 1 rings (SSSR count). The van der Waals surface area contributed by atoms with Gasteiger partial charge in [-0.05, 0) is 18.4 Å². The van der Waals surface area contributed by atoms with E-state index in [2.05, 4.69) is 24.5 Å². The Morgan fingerprint density at radius 1 is 1.30 bits per heavy atom. The number of rotatable bonds is 6. The van der Waals surface area contributed by atoms with Crippen molar-refractivity contribution in [2.45, 2.75) is 26.8 Å². The van der Waals surface area contributed by atoms with E-state index in [9.17, 15) is 4.79 Å². The van der Waals surface area contributed by atoms with Crippen LogP contribution < -0.4 is 10.6 Å². The van der Waals surface area contributed by atoms with E-state index in [1.807, 2.05) is 43.3 Å². The zero-order valence-corrected chi connectivity index (χ0v) is 12.2. The second kappa shape index (κ2) is 8.00. The van der Waals surface area contributed by atoms with Gasteiger partial charge in [0.1, 0.15) is 11.6 Å². The number of hydrogen-bond donors (Lipinski definition) is 2. The maximum atomic E-state index is 12.0. The molecular weight excluding hydrogens is 250 g/mol. The maximum absolute atomic E-state index is 12.0. The third-order valence-electron chi connectivity index (χ3n) is 2.78. The summed E-state index contributed by atoms with van der Waals surface area (Å²) in [5.74, 6) is 0.0950.